The highest BCUT2D eigenvalue weighted by Gasteiger charge is 2.14. The number of hydrogen-bond acceptors (Lipinski definition) is 5. The van der Waals surface area contributed by atoms with Gasteiger partial charge in [0.15, 0.2) is 17.1 Å². The van der Waals surface area contributed by atoms with Crippen LogP contribution in [0.15, 0.2) is 54.9 Å². The predicted octanol–water partition coefficient (Wildman–Crippen LogP) is 3.78. The van der Waals surface area contributed by atoms with Gasteiger partial charge in [-0.05, 0) is 49.4 Å². The minimum atomic E-state index is 0.668. The van der Waals surface area contributed by atoms with E-state index >= 15 is 0 Å². The second kappa shape index (κ2) is 6.48. The van der Waals surface area contributed by atoms with Gasteiger partial charge in [0.1, 0.15) is 0 Å². The number of hydrogen-bond donors (Lipinski definition) is 0. The second-order valence-electron chi connectivity index (χ2n) is 5.85. The molecule has 0 saturated carbocycles. The van der Waals surface area contributed by atoms with Crippen LogP contribution in [0.25, 0.3) is 28.2 Å². The lowest BCUT2D eigenvalue weighted by Crippen LogP contribution is -1.98. The standard InChI is InChI=1S/C20H18N4O2/c1-13-20(15-5-4-10-21-12-15)24-19(22-13)9-7-16(23-24)14-6-8-17(25-2)18(11-14)26-3/h4-12H,1-3H3. The van der Waals surface area contributed by atoms with Crippen molar-refractivity contribution in [2.75, 3.05) is 14.2 Å². The van der Waals surface area contributed by atoms with Gasteiger partial charge in [-0.1, -0.05) is 0 Å². The van der Waals surface area contributed by atoms with Gasteiger partial charge in [-0.25, -0.2) is 9.50 Å². The van der Waals surface area contributed by atoms with Crippen LogP contribution in [0, 0.1) is 6.92 Å². The third-order valence-corrected chi connectivity index (χ3v) is 4.27. The summed E-state index contributed by atoms with van der Waals surface area (Å²) in [6, 6.07) is 13.6. The van der Waals surface area contributed by atoms with Crippen LogP contribution in [-0.4, -0.2) is 33.8 Å². The quantitative estimate of drug-likeness (QED) is 0.563. The zero-order chi connectivity index (χ0) is 18.1. The van der Waals surface area contributed by atoms with Crippen molar-refractivity contribution >= 4 is 5.65 Å². The van der Waals surface area contributed by atoms with Crippen LogP contribution in [-0.2, 0) is 0 Å². The maximum atomic E-state index is 5.40. The van der Waals surface area contributed by atoms with Crippen LogP contribution in [0.1, 0.15) is 5.69 Å². The zero-order valence-electron chi connectivity index (χ0n) is 14.8. The summed E-state index contributed by atoms with van der Waals surface area (Å²) in [5.74, 6) is 1.35. The van der Waals surface area contributed by atoms with E-state index in [1.165, 1.54) is 0 Å². The fourth-order valence-corrected chi connectivity index (χ4v) is 3.03. The second-order valence-corrected chi connectivity index (χ2v) is 5.85. The van der Waals surface area contributed by atoms with E-state index in [1.54, 1.807) is 20.4 Å². The van der Waals surface area contributed by atoms with Gasteiger partial charge in [0, 0.05) is 23.5 Å². The molecule has 0 radical (unpaired) electrons. The Morgan fingerprint density at radius 2 is 1.77 bits per heavy atom. The zero-order valence-corrected chi connectivity index (χ0v) is 14.8. The van der Waals surface area contributed by atoms with E-state index in [1.807, 2.05) is 60.1 Å². The Kier molecular flexibility index (Phi) is 4.01. The minimum absolute atomic E-state index is 0.668. The molecule has 0 aliphatic rings. The topological polar surface area (TPSA) is 61.5 Å². The van der Waals surface area contributed by atoms with E-state index < -0.39 is 0 Å². The average molecular weight is 346 g/mol. The molecule has 3 aromatic heterocycles. The van der Waals surface area contributed by atoms with E-state index in [-0.39, 0.29) is 0 Å². The molecule has 130 valence electrons. The number of nitrogens with zero attached hydrogens (tertiary/aromatic N) is 4. The number of pyridine rings is 1. The van der Waals surface area contributed by atoms with E-state index in [4.69, 9.17) is 14.6 Å². The van der Waals surface area contributed by atoms with Crippen LogP contribution >= 0.6 is 0 Å². The molecule has 0 atom stereocenters. The van der Waals surface area contributed by atoms with Crippen molar-refractivity contribution in [3.05, 3.63) is 60.6 Å². The number of aryl methyl sites for hydroxylation is 1. The fraction of sp³-hybridized carbons (Fsp3) is 0.150. The normalized spacial score (nSPS) is 10.9. The summed E-state index contributed by atoms with van der Waals surface area (Å²) in [5.41, 5.74) is 5.39. The highest BCUT2D eigenvalue weighted by Crippen LogP contribution is 2.32. The van der Waals surface area contributed by atoms with Gasteiger partial charge in [-0.3, -0.25) is 4.98 Å². The molecule has 3 heterocycles. The Labute approximate surface area is 151 Å². The van der Waals surface area contributed by atoms with Gasteiger partial charge < -0.3 is 9.47 Å². The van der Waals surface area contributed by atoms with Gasteiger partial charge in [0.05, 0.1) is 31.3 Å². The molecule has 0 bridgehead atoms. The molecule has 0 fully saturated rings. The lowest BCUT2D eigenvalue weighted by atomic mass is 10.1. The number of ether oxygens (including phenoxy) is 2. The summed E-state index contributed by atoms with van der Waals surface area (Å²) < 4.78 is 12.6. The largest absolute Gasteiger partial charge is 0.493 e. The van der Waals surface area contributed by atoms with Crippen LogP contribution in [0.5, 0.6) is 11.5 Å². The summed E-state index contributed by atoms with van der Waals surface area (Å²) in [6.07, 6.45) is 3.58. The van der Waals surface area contributed by atoms with Crippen molar-refractivity contribution in [2.45, 2.75) is 6.92 Å². The highest BCUT2D eigenvalue weighted by atomic mass is 16.5. The van der Waals surface area contributed by atoms with Crippen molar-refractivity contribution in [1.82, 2.24) is 19.6 Å². The number of rotatable bonds is 4. The molecule has 6 nitrogen and oxygen atoms in total. The number of aromatic nitrogens is 4. The van der Waals surface area contributed by atoms with Gasteiger partial charge in [0.2, 0.25) is 0 Å². The summed E-state index contributed by atoms with van der Waals surface area (Å²) in [5, 5.41) is 4.80. The summed E-state index contributed by atoms with van der Waals surface area (Å²) in [6.45, 7) is 1.98. The lowest BCUT2D eigenvalue weighted by Gasteiger charge is -2.10. The van der Waals surface area contributed by atoms with Crippen LogP contribution in [0.2, 0.25) is 0 Å². The van der Waals surface area contributed by atoms with Crippen molar-refractivity contribution in [1.29, 1.82) is 0 Å². The van der Waals surface area contributed by atoms with E-state index in [0.29, 0.717) is 11.5 Å². The monoisotopic (exact) mass is 346 g/mol. The summed E-state index contributed by atoms with van der Waals surface area (Å²) in [7, 11) is 3.24. The average Bonchev–Trinajstić information content (AvgIpc) is 3.02. The molecule has 0 aliphatic heterocycles. The molecule has 4 rings (SSSR count). The van der Waals surface area contributed by atoms with E-state index in [2.05, 4.69) is 9.97 Å². The first-order valence-corrected chi connectivity index (χ1v) is 8.20. The van der Waals surface area contributed by atoms with Crippen molar-refractivity contribution < 1.29 is 9.47 Å². The number of imidazole rings is 1. The predicted molar refractivity (Wildman–Crippen MR) is 99.5 cm³/mol. The molecule has 0 saturated heterocycles. The Morgan fingerprint density at radius 3 is 2.50 bits per heavy atom. The summed E-state index contributed by atoms with van der Waals surface area (Å²) in [4.78, 5) is 8.82. The van der Waals surface area contributed by atoms with Crippen molar-refractivity contribution in [3.63, 3.8) is 0 Å². The molecule has 0 unspecified atom stereocenters. The van der Waals surface area contributed by atoms with Gasteiger partial charge >= 0.3 is 0 Å². The molecule has 0 aliphatic carbocycles. The Morgan fingerprint density at radius 1 is 0.923 bits per heavy atom. The molecule has 1 aromatic carbocycles. The third-order valence-electron chi connectivity index (χ3n) is 4.27. The van der Waals surface area contributed by atoms with Crippen molar-refractivity contribution in [2.24, 2.45) is 0 Å². The maximum Gasteiger partial charge on any atom is 0.161 e. The molecule has 4 aromatic rings. The van der Waals surface area contributed by atoms with Gasteiger partial charge in [-0.2, -0.15) is 5.10 Å². The van der Waals surface area contributed by atoms with Crippen LogP contribution in [0.3, 0.4) is 0 Å². The SMILES string of the molecule is COc1ccc(-c2ccc3nc(C)c(-c4cccnc4)n3n2)cc1OC. The summed E-state index contributed by atoms with van der Waals surface area (Å²) >= 11 is 0. The first-order chi connectivity index (χ1) is 12.7. The van der Waals surface area contributed by atoms with E-state index in [0.717, 1.165) is 33.9 Å². The fourth-order valence-electron chi connectivity index (χ4n) is 3.03. The smallest absolute Gasteiger partial charge is 0.161 e. The first kappa shape index (κ1) is 16.1. The van der Waals surface area contributed by atoms with Crippen LogP contribution < -0.4 is 9.47 Å². The molecular formula is C20H18N4O2. The highest BCUT2D eigenvalue weighted by molar-refractivity contribution is 5.69. The molecule has 0 spiro atoms. The Hall–Kier alpha value is -3.41. The maximum absolute atomic E-state index is 5.40. The molecular weight excluding hydrogens is 328 g/mol. The Bertz CT molecular complexity index is 1070. The van der Waals surface area contributed by atoms with E-state index in [9.17, 15) is 0 Å². The lowest BCUT2D eigenvalue weighted by molar-refractivity contribution is 0.355. The number of benzene rings is 1. The molecule has 6 heteroatoms. The molecule has 0 N–H and O–H groups in total. The minimum Gasteiger partial charge on any atom is -0.493 e. The van der Waals surface area contributed by atoms with Crippen LogP contribution in [0.4, 0.5) is 0 Å². The molecule has 0 amide bonds. The molecule has 26 heavy (non-hydrogen) atoms. The first-order valence-electron chi connectivity index (χ1n) is 8.20. The van der Waals surface area contributed by atoms with Crippen molar-refractivity contribution in [3.8, 4) is 34.0 Å². The third kappa shape index (κ3) is 2.65. The number of fused-ring (bicyclic) bond motifs is 1. The van der Waals surface area contributed by atoms with Gasteiger partial charge in [0.25, 0.3) is 0 Å². The number of methoxy groups -OCH3 is 2. The van der Waals surface area contributed by atoms with Gasteiger partial charge in [-0.15, -0.1) is 0 Å². The Balaban J connectivity index is 1.88.